The Balaban J connectivity index is 2.00. The molecule has 1 saturated heterocycles. The van der Waals surface area contributed by atoms with Crippen LogP contribution in [-0.4, -0.2) is 55.9 Å². The molecule has 1 heterocycles. The van der Waals surface area contributed by atoms with E-state index in [-0.39, 0.29) is 36.6 Å². The fourth-order valence-electron chi connectivity index (χ4n) is 2.24. The summed E-state index contributed by atoms with van der Waals surface area (Å²) in [4.78, 5) is 10.8. The zero-order valence-corrected chi connectivity index (χ0v) is 13.0. The summed E-state index contributed by atoms with van der Waals surface area (Å²) < 4.78 is 44.6. The van der Waals surface area contributed by atoms with Gasteiger partial charge in [0.25, 0.3) is 0 Å². The number of ether oxygens (including phenoxy) is 1. The first-order chi connectivity index (χ1) is 10.3. The van der Waals surface area contributed by atoms with Crippen LogP contribution in [0, 0.1) is 0 Å². The summed E-state index contributed by atoms with van der Waals surface area (Å²) in [6.45, 7) is 1.77. The van der Waals surface area contributed by atoms with E-state index in [4.69, 9.17) is 9.84 Å². The second-order valence-corrected chi connectivity index (χ2v) is 7.22. The summed E-state index contributed by atoms with van der Waals surface area (Å²) in [5.41, 5.74) is -1.42. The first kappa shape index (κ1) is 16.9. The number of benzene rings is 1. The Hall–Kier alpha value is -1.51. The van der Waals surface area contributed by atoms with Gasteiger partial charge in [-0.3, -0.25) is 0 Å². The number of nitrogens with zero attached hydrogens (tertiary/aromatic N) is 1. The first-order valence-corrected chi connectivity index (χ1v) is 8.48. The molecule has 122 valence electrons. The Bertz CT molecular complexity index is 638. The number of sulfonamides is 1. The van der Waals surface area contributed by atoms with E-state index < -0.39 is 21.7 Å². The minimum atomic E-state index is -3.52. The molecule has 8 heteroatoms. The summed E-state index contributed by atoms with van der Waals surface area (Å²) in [5, 5.41) is 8.81. The van der Waals surface area contributed by atoms with Crippen molar-refractivity contribution in [3.05, 3.63) is 35.4 Å². The number of aromatic carboxylic acids is 1. The van der Waals surface area contributed by atoms with Crippen molar-refractivity contribution in [2.45, 2.75) is 12.6 Å². The van der Waals surface area contributed by atoms with Crippen molar-refractivity contribution in [1.82, 2.24) is 4.31 Å². The maximum atomic E-state index is 14.7. The average Bonchev–Trinajstić information content (AvgIpc) is 2.44. The van der Waals surface area contributed by atoms with Gasteiger partial charge in [-0.15, -0.1) is 0 Å². The van der Waals surface area contributed by atoms with Gasteiger partial charge >= 0.3 is 5.97 Å². The van der Waals surface area contributed by atoms with Gasteiger partial charge in [0.1, 0.15) is 0 Å². The number of halogens is 1. The molecule has 0 atom stereocenters. The number of alkyl halides is 1. The molecule has 0 amide bonds. The molecule has 1 N–H and O–H groups in total. The van der Waals surface area contributed by atoms with Gasteiger partial charge in [-0.2, -0.15) is 4.31 Å². The second-order valence-electron chi connectivity index (χ2n) is 5.13. The Labute approximate surface area is 128 Å². The van der Waals surface area contributed by atoms with Gasteiger partial charge in [0, 0.05) is 6.61 Å². The number of hydrogen-bond acceptors (Lipinski definition) is 4. The smallest absolute Gasteiger partial charge is 0.335 e. The van der Waals surface area contributed by atoms with E-state index in [2.05, 4.69) is 0 Å². The third-order valence-corrected chi connectivity index (χ3v) is 5.31. The predicted molar refractivity (Wildman–Crippen MR) is 78.0 cm³/mol. The molecular formula is C14H18FNO5S. The lowest BCUT2D eigenvalue weighted by molar-refractivity contribution is 0.0174. The highest BCUT2D eigenvalue weighted by Gasteiger charge is 2.49. The van der Waals surface area contributed by atoms with E-state index in [1.165, 1.54) is 24.3 Å². The highest BCUT2D eigenvalue weighted by Crippen LogP contribution is 2.37. The van der Waals surface area contributed by atoms with Gasteiger partial charge in [0.15, 0.2) is 5.67 Å². The maximum Gasteiger partial charge on any atom is 0.335 e. The van der Waals surface area contributed by atoms with Crippen LogP contribution in [0.15, 0.2) is 24.3 Å². The Morgan fingerprint density at radius 1 is 1.36 bits per heavy atom. The largest absolute Gasteiger partial charge is 0.478 e. The van der Waals surface area contributed by atoms with E-state index in [0.29, 0.717) is 6.61 Å². The minimum absolute atomic E-state index is 0.0628. The normalized spacial score (nSPS) is 17.9. The van der Waals surface area contributed by atoms with Gasteiger partial charge in [-0.05, 0) is 24.6 Å². The number of hydrogen-bond donors (Lipinski definition) is 1. The van der Waals surface area contributed by atoms with Gasteiger partial charge < -0.3 is 9.84 Å². The molecule has 1 aromatic carbocycles. The number of carbonyl (C=O) groups is 1. The van der Waals surface area contributed by atoms with Gasteiger partial charge in [-0.25, -0.2) is 17.6 Å². The van der Waals surface area contributed by atoms with Crippen molar-refractivity contribution in [3.8, 4) is 0 Å². The van der Waals surface area contributed by atoms with Crippen LogP contribution in [-0.2, 0) is 20.4 Å². The molecule has 22 heavy (non-hydrogen) atoms. The third-order valence-electron chi connectivity index (χ3n) is 3.59. The molecule has 6 nitrogen and oxygen atoms in total. The van der Waals surface area contributed by atoms with Crippen LogP contribution in [0.25, 0.3) is 0 Å². The SMILES string of the molecule is CCOCCS(=O)(=O)N1CC(F)(c2ccc(C(=O)O)cc2)C1. The molecule has 1 fully saturated rings. The van der Waals surface area contributed by atoms with Crippen LogP contribution < -0.4 is 0 Å². The van der Waals surface area contributed by atoms with Crippen LogP contribution in [0.3, 0.4) is 0 Å². The van der Waals surface area contributed by atoms with Crippen molar-refractivity contribution in [1.29, 1.82) is 0 Å². The zero-order chi connectivity index (χ0) is 16.4. The molecule has 1 aromatic rings. The lowest BCUT2D eigenvalue weighted by Crippen LogP contribution is -2.59. The van der Waals surface area contributed by atoms with Crippen LogP contribution >= 0.6 is 0 Å². The fraction of sp³-hybridized carbons (Fsp3) is 0.500. The van der Waals surface area contributed by atoms with Crippen molar-refractivity contribution in [3.63, 3.8) is 0 Å². The summed E-state index contributed by atoms with van der Waals surface area (Å²) >= 11 is 0. The van der Waals surface area contributed by atoms with E-state index in [0.717, 1.165) is 4.31 Å². The van der Waals surface area contributed by atoms with Crippen LogP contribution in [0.2, 0.25) is 0 Å². The topological polar surface area (TPSA) is 83.9 Å². The summed E-state index contributed by atoms with van der Waals surface area (Å²) in [6, 6.07) is 5.39. The van der Waals surface area contributed by atoms with E-state index >= 15 is 0 Å². The van der Waals surface area contributed by atoms with Crippen LogP contribution in [0.5, 0.6) is 0 Å². The molecule has 0 spiro atoms. The molecule has 0 radical (unpaired) electrons. The fourth-order valence-corrected chi connectivity index (χ4v) is 3.63. The van der Waals surface area contributed by atoms with E-state index in [9.17, 15) is 17.6 Å². The molecule has 0 unspecified atom stereocenters. The molecule has 0 aliphatic carbocycles. The van der Waals surface area contributed by atoms with Gasteiger partial charge in [0.05, 0.1) is 31.0 Å². The number of carboxylic acid groups (broad SMARTS) is 1. The number of carboxylic acids is 1. The summed E-state index contributed by atoms with van der Waals surface area (Å²) in [6.07, 6.45) is 0. The lowest BCUT2D eigenvalue weighted by Gasteiger charge is -2.43. The second kappa shape index (κ2) is 6.31. The molecular weight excluding hydrogens is 313 g/mol. The number of rotatable bonds is 7. The molecule has 0 saturated carbocycles. The maximum absolute atomic E-state index is 14.7. The van der Waals surface area contributed by atoms with Crippen molar-refractivity contribution < 1.29 is 27.4 Å². The van der Waals surface area contributed by atoms with Crippen molar-refractivity contribution in [2.24, 2.45) is 0 Å². The Morgan fingerprint density at radius 3 is 2.45 bits per heavy atom. The third kappa shape index (κ3) is 3.45. The van der Waals surface area contributed by atoms with E-state index in [1.807, 2.05) is 0 Å². The zero-order valence-electron chi connectivity index (χ0n) is 12.2. The Kier molecular flexibility index (Phi) is 4.84. The molecule has 1 aliphatic rings. The molecule has 1 aliphatic heterocycles. The van der Waals surface area contributed by atoms with E-state index in [1.54, 1.807) is 6.92 Å². The molecule has 2 rings (SSSR count). The predicted octanol–water partition coefficient (Wildman–Crippen LogP) is 1.23. The Morgan fingerprint density at radius 2 is 1.95 bits per heavy atom. The molecule has 0 bridgehead atoms. The monoisotopic (exact) mass is 331 g/mol. The quantitative estimate of drug-likeness (QED) is 0.760. The van der Waals surface area contributed by atoms with Crippen molar-refractivity contribution >= 4 is 16.0 Å². The summed E-state index contributed by atoms with van der Waals surface area (Å²) in [7, 11) is -3.52. The van der Waals surface area contributed by atoms with Gasteiger partial charge in [-0.1, -0.05) is 12.1 Å². The van der Waals surface area contributed by atoms with Crippen molar-refractivity contribution in [2.75, 3.05) is 32.1 Å². The van der Waals surface area contributed by atoms with Gasteiger partial charge in [0.2, 0.25) is 10.0 Å². The molecule has 0 aromatic heterocycles. The van der Waals surface area contributed by atoms with Crippen LogP contribution in [0.1, 0.15) is 22.8 Å². The highest BCUT2D eigenvalue weighted by molar-refractivity contribution is 7.89. The standard InChI is InChI=1S/C14H18FNO5S/c1-2-21-7-8-22(19,20)16-9-14(15,10-16)12-5-3-11(4-6-12)13(17)18/h3-6H,2,7-10H2,1H3,(H,17,18). The lowest BCUT2D eigenvalue weighted by atomic mass is 9.89. The summed E-state index contributed by atoms with van der Waals surface area (Å²) in [5.74, 6) is -1.26. The first-order valence-electron chi connectivity index (χ1n) is 6.87. The average molecular weight is 331 g/mol. The highest BCUT2D eigenvalue weighted by atomic mass is 32.2. The minimum Gasteiger partial charge on any atom is -0.478 e. The van der Waals surface area contributed by atoms with Crippen LogP contribution in [0.4, 0.5) is 4.39 Å².